The molecule has 6 heteroatoms. The number of rotatable bonds is 5. The van der Waals surface area contributed by atoms with Gasteiger partial charge in [0.1, 0.15) is 4.90 Å². The van der Waals surface area contributed by atoms with Crippen LogP contribution in [-0.2, 0) is 10.0 Å². The van der Waals surface area contributed by atoms with E-state index in [4.69, 9.17) is 23.8 Å². The van der Waals surface area contributed by atoms with Gasteiger partial charge in [0.15, 0.2) is 0 Å². The molecule has 0 aliphatic rings. The molecule has 0 radical (unpaired) electrons. The minimum absolute atomic E-state index is 0.0260. The van der Waals surface area contributed by atoms with E-state index in [-0.39, 0.29) is 17.1 Å². The second-order valence-corrected chi connectivity index (χ2v) is 6.07. The van der Waals surface area contributed by atoms with Crippen molar-refractivity contribution in [1.82, 2.24) is 4.31 Å². The molecule has 4 nitrogen and oxygen atoms in total. The first-order chi connectivity index (χ1) is 8.43. The zero-order valence-electron chi connectivity index (χ0n) is 10.1. The maximum absolute atomic E-state index is 12.4. The summed E-state index contributed by atoms with van der Waals surface area (Å²) in [7, 11) is -3.67. The van der Waals surface area contributed by atoms with Crippen LogP contribution in [0.15, 0.2) is 23.1 Å². The predicted octanol–water partition coefficient (Wildman–Crippen LogP) is 1.96. The Kier molecular flexibility index (Phi) is 5.03. The third-order valence-corrected chi connectivity index (χ3v) is 4.48. The average Bonchev–Trinajstić information content (AvgIpc) is 2.28. The summed E-state index contributed by atoms with van der Waals surface area (Å²) in [6.45, 7) is 2.26. The van der Waals surface area contributed by atoms with E-state index in [1.54, 1.807) is 0 Å². The van der Waals surface area contributed by atoms with Gasteiger partial charge in [-0.05, 0) is 24.6 Å². The third-order valence-electron chi connectivity index (χ3n) is 2.33. The van der Waals surface area contributed by atoms with Gasteiger partial charge < -0.3 is 5.73 Å². The molecule has 1 aromatic carbocycles. The minimum atomic E-state index is -3.67. The lowest BCUT2D eigenvalue weighted by Gasteiger charge is -2.20. The van der Waals surface area contributed by atoms with E-state index < -0.39 is 10.0 Å². The molecular formula is C12H15ClN2O2S. The fraction of sp³-hybridized carbons (Fsp3) is 0.333. The molecule has 0 fully saturated rings. The van der Waals surface area contributed by atoms with Gasteiger partial charge in [-0.1, -0.05) is 24.4 Å². The van der Waals surface area contributed by atoms with Crippen LogP contribution in [0.25, 0.3) is 0 Å². The number of sulfonamides is 1. The Morgan fingerprint density at radius 3 is 2.67 bits per heavy atom. The summed E-state index contributed by atoms with van der Waals surface area (Å²) >= 11 is 5.75. The number of nitrogens with two attached hydrogens (primary N) is 1. The highest BCUT2D eigenvalue weighted by Gasteiger charge is 2.25. The molecule has 0 aliphatic carbocycles. The van der Waals surface area contributed by atoms with Crippen molar-refractivity contribution < 1.29 is 8.42 Å². The Balaban J connectivity index is 3.22. The fourth-order valence-electron chi connectivity index (χ4n) is 1.53. The molecule has 0 saturated carbocycles. The summed E-state index contributed by atoms with van der Waals surface area (Å²) in [6, 6.07) is 4.30. The van der Waals surface area contributed by atoms with Gasteiger partial charge in [-0.2, -0.15) is 4.31 Å². The number of hydrogen-bond acceptors (Lipinski definition) is 3. The fourth-order valence-corrected chi connectivity index (χ4v) is 3.25. The van der Waals surface area contributed by atoms with Gasteiger partial charge in [-0.15, -0.1) is 6.42 Å². The number of hydrogen-bond donors (Lipinski definition) is 1. The number of nitrogens with zero attached hydrogens (tertiary/aromatic N) is 1. The summed E-state index contributed by atoms with van der Waals surface area (Å²) in [5.74, 6) is 2.34. The number of benzene rings is 1. The lowest BCUT2D eigenvalue weighted by molar-refractivity contribution is 0.446. The van der Waals surface area contributed by atoms with Crippen LogP contribution in [0.2, 0.25) is 5.02 Å². The highest BCUT2D eigenvalue weighted by molar-refractivity contribution is 7.89. The van der Waals surface area contributed by atoms with Crippen molar-refractivity contribution in [2.75, 3.05) is 18.8 Å². The van der Waals surface area contributed by atoms with Crippen molar-refractivity contribution in [3.63, 3.8) is 0 Å². The van der Waals surface area contributed by atoms with E-state index in [0.717, 1.165) is 0 Å². The van der Waals surface area contributed by atoms with Gasteiger partial charge in [0.2, 0.25) is 10.0 Å². The molecule has 0 saturated heterocycles. The van der Waals surface area contributed by atoms with Gasteiger partial charge in [0.25, 0.3) is 0 Å². The molecule has 2 N–H and O–H groups in total. The Labute approximate surface area is 113 Å². The molecule has 1 aromatic rings. The smallest absolute Gasteiger partial charge is 0.245 e. The van der Waals surface area contributed by atoms with Crippen LogP contribution in [0, 0.1) is 12.3 Å². The van der Waals surface area contributed by atoms with E-state index in [1.807, 2.05) is 6.92 Å². The first kappa shape index (κ1) is 14.8. The lowest BCUT2D eigenvalue weighted by Crippen LogP contribution is -2.32. The van der Waals surface area contributed by atoms with Crippen molar-refractivity contribution in [2.24, 2.45) is 0 Å². The molecule has 0 aromatic heterocycles. The first-order valence-corrected chi connectivity index (χ1v) is 7.24. The van der Waals surface area contributed by atoms with E-state index in [1.165, 1.54) is 22.5 Å². The predicted molar refractivity (Wildman–Crippen MR) is 73.7 cm³/mol. The zero-order valence-corrected chi connectivity index (χ0v) is 11.6. The van der Waals surface area contributed by atoms with Crippen molar-refractivity contribution >= 4 is 27.3 Å². The molecule has 0 amide bonds. The molecule has 98 valence electrons. The van der Waals surface area contributed by atoms with Gasteiger partial charge >= 0.3 is 0 Å². The molecule has 0 unspecified atom stereocenters. The number of anilines is 1. The molecule has 0 heterocycles. The summed E-state index contributed by atoms with van der Waals surface area (Å²) < 4.78 is 25.9. The third kappa shape index (κ3) is 3.16. The first-order valence-electron chi connectivity index (χ1n) is 5.42. The normalized spacial score (nSPS) is 11.4. The molecule has 0 aliphatic heterocycles. The van der Waals surface area contributed by atoms with Crippen LogP contribution < -0.4 is 5.73 Å². The Hall–Kier alpha value is -1.22. The second-order valence-electron chi connectivity index (χ2n) is 3.72. The molecule has 0 bridgehead atoms. The van der Waals surface area contributed by atoms with E-state index in [0.29, 0.717) is 18.0 Å². The molecule has 18 heavy (non-hydrogen) atoms. The SMILES string of the molecule is C#CCN(CCC)S(=O)(=O)c1ccc(Cl)cc1N. The van der Waals surface area contributed by atoms with E-state index in [9.17, 15) is 8.42 Å². The van der Waals surface area contributed by atoms with Crippen molar-refractivity contribution in [1.29, 1.82) is 0 Å². The highest BCUT2D eigenvalue weighted by atomic mass is 35.5. The van der Waals surface area contributed by atoms with Crippen LogP contribution >= 0.6 is 11.6 Å². The number of nitrogen functional groups attached to an aromatic ring is 1. The van der Waals surface area contributed by atoms with Gasteiger partial charge in [0, 0.05) is 11.6 Å². The van der Waals surface area contributed by atoms with E-state index in [2.05, 4.69) is 5.92 Å². The van der Waals surface area contributed by atoms with Gasteiger partial charge in [0.05, 0.1) is 12.2 Å². The molecule has 0 atom stereocenters. The number of halogens is 1. The lowest BCUT2D eigenvalue weighted by atomic mass is 10.3. The minimum Gasteiger partial charge on any atom is -0.398 e. The summed E-state index contributed by atoms with van der Waals surface area (Å²) in [6.07, 6.45) is 5.86. The average molecular weight is 287 g/mol. The largest absolute Gasteiger partial charge is 0.398 e. The van der Waals surface area contributed by atoms with Crippen molar-refractivity contribution in [3.8, 4) is 12.3 Å². The second kappa shape index (κ2) is 6.10. The quantitative estimate of drug-likeness (QED) is 0.665. The summed E-state index contributed by atoms with van der Waals surface area (Å²) in [5.41, 5.74) is 5.82. The van der Waals surface area contributed by atoms with Crippen molar-refractivity contribution in [2.45, 2.75) is 18.2 Å². The van der Waals surface area contributed by atoms with Crippen LogP contribution in [0.5, 0.6) is 0 Å². The monoisotopic (exact) mass is 286 g/mol. The highest BCUT2D eigenvalue weighted by Crippen LogP contribution is 2.25. The Morgan fingerprint density at radius 2 is 2.17 bits per heavy atom. The summed E-state index contributed by atoms with van der Waals surface area (Å²) in [4.78, 5) is 0.0376. The maximum Gasteiger partial charge on any atom is 0.245 e. The molecular weight excluding hydrogens is 272 g/mol. The van der Waals surface area contributed by atoms with Crippen LogP contribution in [0.1, 0.15) is 13.3 Å². The van der Waals surface area contributed by atoms with Gasteiger partial charge in [-0.25, -0.2) is 8.42 Å². The van der Waals surface area contributed by atoms with Crippen LogP contribution in [0.3, 0.4) is 0 Å². The summed E-state index contributed by atoms with van der Waals surface area (Å²) in [5, 5.41) is 0.394. The standard InChI is InChI=1S/C12H15ClN2O2S/c1-3-7-15(8-4-2)18(16,17)12-6-5-10(13)9-11(12)14/h1,5-6,9H,4,7-8,14H2,2H3. The molecule has 1 rings (SSSR count). The zero-order chi connectivity index (χ0) is 13.8. The number of terminal acetylenes is 1. The van der Waals surface area contributed by atoms with Gasteiger partial charge in [-0.3, -0.25) is 0 Å². The van der Waals surface area contributed by atoms with Crippen LogP contribution in [0.4, 0.5) is 5.69 Å². The Bertz CT molecular complexity index is 564. The van der Waals surface area contributed by atoms with E-state index >= 15 is 0 Å². The Morgan fingerprint density at radius 1 is 1.50 bits per heavy atom. The van der Waals surface area contributed by atoms with Crippen molar-refractivity contribution in [3.05, 3.63) is 23.2 Å². The maximum atomic E-state index is 12.4. The topological polar surface area (TPSA) is 63.4 Å². The van der Waals surface area contributed by atoms with Crippen LogP contribution in [-0.4, -0.2) is 25.8 Å². The molecule has 0 spiro atoms.